The van der Waals surface area contributed by atoms with Crippen molar-refractivity contribution in [1.82, 2.24) is 4.98 Å². The van der Waals surface area contributed by atoms with Crippen LogP contribution in [0.25, 0.3) is 10.2 Å². The summed E-state index contributed by atoms with van der Waals surface area (Å²) in [5.41, 5.74) is 0.775. The summed E-state index contributed by atoms with van der Waals surface area (Å²) in [6.07, 6.45) is 0.165. The van der Waals surface area contributed by atoms with Gasteiger partial charge >= 0.3 is 7.60 Å². The molecule has 0 unspecified atom stereocenters. The summed E-state index contributed by atoms with van der Waals surface area (Å²) in [7, 11) is 0.0174. The highest BCUT2D eigenvalue weighted by Gasteiger charge is 2.26. The van der Waals surface area contributed by atoms with Crippen molar-refractivity contribution >= 4 is 29.1 Å². The number of benzene rings is 1. The Morgan fingerprint density at radius 2 is 1.68 bits per heavy atom. The maximum Gasteiger partial charge on any atom is 0.337 e. The standard InChI is InChI=1S/C14H20NO5PS/c1-5-19-21(16,20-6-2)9-14-15-10-7-11(17-3)12(18-4)8-13(10)22-14/h7-8H,5-6,9H2,1-4H3. The minimum Gasteiger partial charge on any atom is -0.493 e. The molecular weight excluding hydrogens is 325 g/mol. The van der Waals surface area contributed by atoms with Crippen LogP contribution in [0.5, 0.6) is 11.5 Å². The van der Waals surface area contributed by atoms with E-state index in [9.17, 15) is 4.57 Å². The van der Waals surface area contributed by atoms with Gasteiger partial charge in [0.25, 0.3) is 0 Å². The van der Waals surface area contributed by atoms with Crippen molar-refractivity contribution in [3.05, 3.63) is 17.1 Å². The molecule has 8 heteroatoms. The van der Waals surface area contributed by atoms with Crippen molar-refractivity contribution in [3.8, 4) is 11.5 Å². The summed E-state index contributed by atoms with van der Waals surface area (Å²) < 4.78 is 34.7. The Bertz CT molecular complexity index is 636. The SMILES string of the molecule is CCOP(=O)(Cc1nc2cc(OC)c(OC)cc2s1)OCC. The van der Waals surface area contributed by atoms with Crippen molar-refractivity contribution in [3.63, 3.8) is 0 Å². The van der Waals surface area contributed by atoms with E-state index in [1.807, 2.05) is 6.07 Å². The van der Waals surface area contributed by atoms with Gasteiger partial charge in [-0.25, -0.2) is 4.98 Å². The summed E-state index contributed by atoms with van der Waals surface area (Å²) in [5, 5.41) is 0.704. The lowest BCUT2D eigenvalue weighted by molar-refractivity contribution is 0.219. The molecule has 0 aliphatic carbocycles. The smallest absolute Gasteiger partial charge is 0.337 e. The number of fused-ring (bicyclic) bond motifs is 1. The lowest BCUT2D eigenvalue weighted by Gasteiger charge is -2.15. The second-order valence-corrected chi connectivity index (χ2v) is 7.56. The molecule has 0 aliphatic heterocycles. The molecule has 2 aromatic rings. The van der Waals surface area contributed by atoms with Crippen LogP contribution in [0, 0.1) is 0 Å². The van der Waals surface area contributed by atoms with E-state index in [1.54, 1.807) is 34.1 Å². The van der Waals surface area contributed by atoms with Crippen molar-refractivity contribution < 1.29 is 23.1 Å². The zero-order chi connectivity index (χ0) is 16.2. The van der Waals surface area contributed by atoms with E-state index in [4.69, 9.17) is 18.5 Å². The molecule has 0 saturated carbocycles. The number of rotatable bonds is 8. The Hall–Kier alpha value is -1.14. The largest absolute Gasteiger partial charge is 0.493 e. The Balaban J connectivity index is 2.34. The van der Waals surface area contributed by atoms with Crippen molar-refractivity contribution in [1.29, 1.82) is 0 Å². The summed E-state index contributed by atoms with van der Waals surface area (Å²) in [6.45, 7) is 4.26. The molecule has 122 valence electrons. The molecule has 0 amide bonds. The monoisotopic (exact) mass is 345 g/mol. The third kappa shape index (κ3) is 3.79. The number of hydrogen-bond donors (Lipinski definition) is 0. The lowest BCUT2D eigenvalue weighted by atomic mass is 10.3. The minimum atomic E-state index is -3.15. The predicted molar refractivity (Wildman–Crippen MR) is 87.3 cm³/mol. The molecule has 0 bridgehead atoms. The topological polar surface area (TPSA) is 66.9 Å². The van der Waals surface area contributed by atoms with E-state index in [0.717, 1.165) is 10.2 Å². The molecule has 22 heavy (non-hydrogen) atoms. The van der Waals surface area contributed by atoms with E-state index >= 15 is 0 Å². The average Bonchev–Trinajstić information content (AvgIpc) is 2.86. The molecular formula is C14H20NO5PS. The fraction of sp³-hybridized carbons (Fsp3) is 0.500. The van der Waals surface area contributed by atoms with Crippen LogP contribution in [0.3, 0.4) is 0 Å². The molecule has 0 N–H and O–H groups in total. The lowest BCUT2D eigenvalue weighted by Crippen LogP contribution is -1.98. The second kappa shape index (κ2) is 7.42. The Morgan fingerprint density at radius 1 is 1.09 bits per heavy atom. The molecule has 0 aliphatic rings. The van der Waals surface area contributed by atoms with Gasteiger partial charge in [0.2, 0.25) is 0 Å². The predicted octanol–water partition coefficient (Wildman–Crippen LogP) is 4.08. The van der Waals surface area contributed by atoms with Gasteiger partial charge in [-0.05, 0) is 13.8 Å². The molecule has 0 saturated heterocycles. The van der Waals surface area contributed by atoms with Crippen LogP contribution in [0.1, 0.15) is 18.9 Å². The van der Waals surface area contributed by atoms with E-state index < -0.39 is 7.60 Å². The number of aromatic nitrogens is 1. The van der Waals surface area contributed by atoms with Gasteiger partial charge in [0.1, 0.15) is 11.2 Å². The highest BCUT2D eigenvalue weighted by molar-refractivity contribution is 7.53. The van der Waals surface area contributed by atoms with Gasteiger partial charge in [-0.1, -0.05) is 0 Å². The van der Waals surface area contributed by atoms with E-state index in [-0.39, 0.29) is 6.16 Å². The van der Waals surface area contributed by atoms with Crippen molar-refractivity contribution in [2.24, 2.45) is 0 Å². The molecule has 1 aromatic carbocycles. The number of hydrogen-bond acceptors (Lipinski definition) is 7. The Labute approximate surface area is 133 Å². The normalized spacial score (nSPS) is 11.8. The molecule has 1 heterocycles. The van der Waals surface area contributed by atoms with Gasteiger partial charge in [-0.3, -0.25) is 4.57 Å². The van der Waals surface area contributed by atoms with Crippen LogP contribution in [0.2, 0.25) is 0 Å². The zero-order valence-corrected chi connectivity index (χ0v) is 14.8. The van der Waals surface area contributed by atoms with Gasteiger partial charge in [0, 0.05) is 12.1 Å². The molecule has 0 radical (unpaired) electrons. The molecule has 0 fully saturated rings. The highest BCUT2D eigenvalue weighted by atomic mass is 32.1. The number of ether oxygens (including phenoxy) is 2. The van der Waals surface area contributed by atoms with Crippen LogP contribution in [0.15, 0.2) is 12.1 Å². The van der Waals surface area contributed by atoms with Gasteiger partial charge in [0.05, 0.1) is 37.6 Å². The van der Waals surface area contributed by atoms with E-state index in [2.05, 4.69) is 4.98 Å². The summed E-state index contributed by atoms with van der Waals surface area (Å²) in [4.78, 5) is 4.50. The summed E-state index contributed by atoms with van der Waals surface area (Å²) in [5.74, 6) is 1.26. The molecule has 0 atom stereocenters. The maximum absolute atomic E-state index is 12.6. The van der Waals surface area contributed by atoms with E-state index in [1.165, 1.54) is 11.3 Å². The zero-order valence-electron chi connectivity index (χ0n) is 13.1. The van der Waals surface area contributed by atoms with Gasteiger partial charge < -0.3 is 18.5 Å². The molecule has 6 nitrogen and oxygen atoms in total. The number of nitrogens with zero attached hydrogens (tertiary/aromatic N) is 1. The first kappa shape index (κ1) is 17.2. The highest BCUT2D eigenvalue weighted by Crippen LogP contribution is 2.52. The van der Waals surface area contributed by atoms with Gasteiger partial charge in [-0.2, -0.15) is 0 Å². The van der Waals surface area contributed by atoms with Crippen molar-refractivity contribution in [2.45, 2.75) is 20.0 Å². The first-order valence-corrected chi connectivity index (χ1v) is 9.49. The van der Waals surface area contributed by atoms with Crippen molar-refractivity contribution in [2.75, 3.05) is 27.4 Å². The quantitative estimate of drug-likeness (QED) is 0.672. The van der Waals surface area contributed by atoms with Crippen LogP contribution in [0.4, 0.5) is 0 Å². The third-order valence-corrected chi connectivity index (χ3v) is 6.14. The van der Waals surface area contributed by atoms with Crippen LogP contribution in [-0.2, 0) is 19.8 Å². The minimum absolute atomic E-state index is 0.165. The Kier molecular flexibility index (Phi) is 5.81. The third-order valence-electron chi connectivity index (χ3n) is 2.92. The number of methoxy groups -OCH3 is 2. The van der Waals surface area contributed by atoms with Crippen LogP contribution < -0.4 is 9.47 Å². The fourth-order valence-corrected chi connectivity index (χ4v) is 5.01. The Morgan fingerprint density at radius 3 is 2.23 bits per heavy atom. The summed E-state index contributed by atoms with van der Waals surface area (Å²) >= 11 is 1.45. The summed E-state index contributed by atoms with van der Waals surface area (Å²) in [6, 6.07) is 3.67. The second-order valence-electron chi connectivity index (χ2n) is 4.39. The molecule has 1 aromatic heterocycles. The molecule has 2 rings (SSSR count). The molecule has 0 spiro atoms. The van der Waals surface area contributed by atoms with E-state index in [0.29, 0.717) is 29.7 Å². The van der Waals surface area contributed by atoms with Crippen LogP contribution in [-0.4, -0.2) is 32.4 Å². The van der Waals surface area contributed by atoms with Crippen LogP contribution >= 0.6 is 18.9 Å². The fourth-order valence-electron chi connectivity index (χ4n) is 2.06. The van der Waals surface area contributed by atoms with Gasteiger partial charge in [0.15, 0.2) is 11.5 Å². The first-order chi connectivity index (χ1) is 10.5. The first-order valence-electron chi connectivity index (χ1n) is 6.94. The average molecular weight is 345 g/mol. The maximum atomic E-state index is 12.6. The number of thiazole rings is 1. The van der Waals surface area contributed by atoms with Gasteiger partial charge in [-0.15, -0.1) is 11.3 Å².